The summed E-state index contributed by atoms with van der Waals surface area (Å²) in [5, 5.41) is 3.94. The van der Waals surface area contributed by atoms with Crippen molar-refractivity contribution >= 4 is 5.91 Å². The summed E-state index contributed by atoms with van der Waals surface area (Å²) >= 11 is 0. The number of carbonyl (C=O) groups is 1. The highest BCUT2D eigenvalue weighted by Gasteiger charge is 2.41. The van der Waals surface area contributed by atoms with Crippen molar-refractivity contribution in [1.82, 2.24) is 10.1 Å². The van der Waals surface area contributed by atoms with Crippen LogP contribution in [0.4, 0.5) is 0 Å². The third-order valence-electron chi connectivity index (χ3n) is 4.50. The van der Waals surface area contributed by atoms with Gasteiger partial charge in [-0.15, -0.1) is 0 Å². The summed E-state index contributed by atoms with van der Waals surface area (Å²) in [5.74, 6) is 1.61. The summed E-state index contributed by atoms with van der Waals surface area (Å²) in [5.41, 5.74) is 6.35. The zero-order valence-electron chi connectivity index (χ0n) is 12.7. The van der Waals surface area contributed by atoms with Crippen molar-refractivity contribution in [2.24, 2.45) is 17.1 Å². The van der Waals surface area contributed by atoms with E-state index in [9.17, 15) is 4.79 Å². The van der Waals surface area contributed by atoms with Crippen LogP contribution in [0.25, 0.3) is 0 Å². The molecule has 1 aromatic rings. The molecular formula is C15H25N3O2. The normalized spacial score (nSPS) is 26.5. The Morgan fingerprint density at radius 2 is 2.20 bits per heavy atom. The molecule has 1 aromatic heterocycles. The molecule has 0 radical (unpaired) electrons. The molecule has 0 aromatic carbocycles. The molecule has 1 amide bonds. The number of aromatic nitrogens is 1. The quantitative estimate of drug-likeness (QED) is 0.916. The Morgan fingerprint density at radius 3 is 2.70 bits per heavy atom. The Balaban J connectivity index is 2.04. The van der Waals surface area contributed by atoms with Gasteiger partial charge in [-0.3, -0.25) is 4.79 Å². The van der Waals surface area contributed by atoms with Gasteiger partial charge in [0.25, 0.3) is 0 Å². The highest BCUT2D eigenvalue weighted by molar-refractivity contribution is 5.82. The monoisotopic (exact) mass is 279 g/mol. The number of rotatable bonds is 4. The van der Waals surface area contributed by atoms with E-state index >= 15 is 0 Å². The fourth-order valence-corrected chi connectivity index (χ4v) is 3.03. The smallest absolute Gasteiger partial charge is 0.230 e. The van der Waals surface area contributed by atoms with Crippen molar-refractivity contribution in [3.63, 3.8) is 0 Å². The zero-order valence-corrected chi connectivity index (χ0v) is 12.7. The van der Waals surface area contributed by atoms with Crippen molar-refractivity contribution < 1.29 is 9.32 Å². The molecular weight excluding hydrogens is 254 g/mol. The Kier molecular flexibility index (Phi) is 4.48. The summed E-state index contributed by atoms with van der Waals surface area (Å²) in [4.78, 5) is 14.5. The molecule has 0 saturated heterocycles. The molecule has 0 bridgehead atoms. The molecule has 1 aliphatic rings. The van der Waals surface area contributed by atoms with Crippen LogP contribution in [0.1, 0.15) is 44.1 Å². The first-order valence-corrected chi connectivity index (χ1v) is 7.35. The van der Waals surface area contributed by atoms with Crippen molar-refractivity contribution in [2.75, 3.05) is 13.6 Å². The maximum atomic E-state index is 12.8. The second kappa shape index (κ2) is 5.95. The average molecular weight is 279 g/mol. The first kappa shape index (κ1) is 15.0. The number of hydrogen-bond acceptors (Lipinski definition) is 4. The van der Waals surface area contributed by atoms with E-state index in [1.54, 1.807) is 4.90 Å². The second-order valence-electron chi connectivity index (χ2n) is 6.26. The minimum Gasteiger partial charge on any atom is -0.361 e. The maximum Gasteiger partial charge on any atom is 0.230 e. The molecule has 2 rings (SSSR count). The average Bonchev–Trinajstić information content (AvgIpc) is 2.84. The van der Waals surface area contributed by atoms with Gasteiger partial charge in [0, 0.05) is 19.7 Å². The van der Waals surface area contributed by atoms with Crippen LogP contribution in [-0.2, 0) is 11.3 Å². The highest BCUT2D eigenvalue weighted by Crippen LogP contribution is 2.39. The largest absolute Gasteiger partial charge is 0.361 e. The summed E-state index contributed by atoms with van der Waals surface area (Å²) in [6.07, 6.45) is 3.96. The topological polar surface area (TPSA) is 72.4 Å². The van der Waals surface area contributed by atoms with E-state index in [2.05, 4.69) is 12.1 Å². The van der Waals surface area contributed by atoms with Crippen molar-refractivity contribution in [1.29, 1.82) is 0 Å². The van der Waals surface area contributed by atoms with E-state index in [0.29, 0.717) is 19.0 Å². The van der Waals surface area contributed by atoms with E-state index in [-0.39, 0.29) is 11.3 Å². The zero-order chi connectivity index (χ0) is 14.8. The van der Waals surface area contributed by atoms with Crippen LogP contribution in [0.5, 0.6) is 0 Å². The molecule has 2 N–H and O–H groups in total. The predicted molar refractivity (Wildman–Crippen MR) is 76.8 cm³/mol. The van der Waals surface area contributed by atoms with Crippen molar-refractivity contribution in [3.05, 3.63) is 17.5 Å². The predicted octanol–water partition coefficient (Wildman–Crippen LogP) is 2.10. The lowest BCUT2D eigenvalue weighted by Gasteiger charge is -2.39. The minimum absolute atomic E-state index is 0.146. The molecule has 1 saturated carbocycles. The van der Waals surface area contributed by atoms with Gasteiger partial charge >= 0.3 is 0 Å². The van der Waals surface area contributed by atoms with Gasteiger partial charge in [0.05, 0.1) is 12.0 Å². The Bertz CT molecular complexity index is 461. The number of carbonyl (C=O) groups excluding carboxylic acids is 1. The molecule has 1 fully saturated rings. The molecule has 0 spiro atoms. The van der Waals surface area contributed by atoms with Gasteiger partial charge < -0.3 is 15.2 Å². The standard InChI is InChI=1S/C15H25N3O2/c1-11-4-6-15(10-16,7-5-11)14(19)18(3)9-13-8-12(2)20-17-13/h8,11H,4-7,9-10,16H2,1-3H3. The van der Waals surface area contributed by atoms with E-state index < -0.39 is 0 Å². The van der Waals surface area contributed by atoms with Gasteiger partial charge in [0.1, 0.15) is 11.5 Å². The van der Waals surface area contributed by atoms with Crippen LogP contribution in [-0.4, -0.2) is 29.6 Å². The third kappa shape index (κ3) is 3.03. The summed E-state index contributed by atoms with van der Waals surface area (Å²) in [6, 6.07) is 1.86. The van der Waals surface area contributed by atoms with Crippen LogP contribution in [0.3, 0.4) is 0 Å². The number of nitrogens with two attached hydrogens (primary N) is 1. The molecule has 0 atom stereocenters. The molecule has 0 aliphatic heterocycles. The maximum absolute atomic E-state index is 12.8. The van der Waals surface area contributed by atoms with Crippen LogP contribution in [0, 0.1) is 18.3 Å². The SMILES string of the molecule is Cc1cc(CN(C)C(=O)C2(CN)CCC(C)CC2)no1. The molecule has 112 valence electrons. The first-order valence-electron chi connectivity index (χ1n) is 7.35. The van der Waals surface area contributed by atoms with E-state index in [1.807, 2.05) is 20.0 Å². The molecule has 5 heteroatoms. The van der Waals surface area contributed by atoms with Gasteiger partial charge in [-0.2, -0.15) is 0 Å². The van der Waals surface area contributed by atoms with E-state index in [1.165, 1.54) is 0 Å². The van der Waals surface area contributed by atoms with Gasteiger partial charge in [-0.1, -0.05) is 12.1 Å². The summed E-state index contributed by atoms with van der Waals surface area (Å²) in [7, 11) is 1.82. The number of aryl methyl sites for hydroxylation is 1. The first-order chi connectivity index (χ1) is 9.47. The molecule has 1 heterocycles. The number of amides is 1. The van der Waals surface area contributed by atoms with Gasteiger partial charge in [0.2, 0.25) is 5.91 Å². The molecule has 5 nitrogen and oxygen atoms in total. The lowest BCUT2D eigenvalue weighted by Crippen LogP contribution is -2.48. The van der Waals surface area contributed by atoms with Crippen LogP contribution < -0.4 is 5.73 Å². The van der Waals surface area contributed by atoms with Gasteiger partial charge in [0.15, 0.2) is 0 Å². The van der Waals surface area contributed by atoms with Crippen LogP contribution >= 0.6 is 0 Å². The minimum atomic E-state index is -0.375. The highest BCUT2D eigenvalue weighted by atomic mass is 16.5. The van der Waals surface area contributed by atoms with Crippen LogP contribution in [0.15, 0.2) is 10.6 Å². The third-order valence-corrected chi connectivity index (χ3v) is 4.50. The second-order valence-corrected chi connectivity index (χ2v) is 6.26. The summed E-state index contributed by atoms with van der Waals surface area (Å²) in [6.45, 7) is 5.00. The molecule has 0 unspecified atom stereocenters. The fourth-order valence-electron chi connectivity index (χ4n) is 3.03. The number of hydrogen-bond donors (Lipinski definition) is 1. The molecule has 1 aliphatic carbocycles. The summed E-state index contributed by atoms with van der Waals surface area (Å²) < 4.78 is 5.04. The van der Waals surface area contributed by atoms with Crippen molar-refractivity contribution in [2.45, 2.75) is 46.1 Å². The fraction of sp³-hybridized carbons (Fsp3) is 0.733. The van der Waals surface area contributed by atoms with E-state index in [0.717, 1.165) is 37.1 Å². The van der Waals surface area contributed by atoms with Gasteiger partial charge in [-0.05, 0) is 38.5 Å². The lowest BCUT2D eigenvalue weighted by molar-refractivity contribution is -0.143. The van der Waals surface area contributed by atoms with Crippen molar-refractivity contribution in [3.8, 4) is 0 Å². The Hall–Kier alpha value is -1.36. The van der Waals surface area contributed by atoms with Crippen LogP contribution in [0.2, 0.25) is 0 Å². The number of nitrogens with zero attached hydrogens (tertiary/aromatic N) is 2. The Labute approximate surface area is 120 Å². The van der Waals surface area contributed by atoms with E-state index in [4.69, 9.17) is 10.3 Å². The van der Waals surface area contributed by atoms with Gasteiger partial charge in [-0.25, -0.2) is 0 Å². The Morgan fingerprint density at radius 1 is 1.55 bits per heavy atom. The molecule has 20 heavy (non-hydrogen) atoms. The lowest BCUT2D eigenvalue weighted by atomic mass is 9.70.